The molecule has 1 aromatic carbocycles. The Hall–Kier alpha value is -1.77. The molecule has 0 aliphatic heterocycles. The number of amides is 1. The van der Waals surface area contributed by atoms with E-state index in [-0.39, 0.29) is 0 Å². The third-order valence-electron chi connectivity index (χ3n) is 2.06. The molecule has 0 saturated carbocycles. The minimum absolute atomic E-state index is 0.398. The highest BCUT2D eigenvalue weighted by molar-refractivity contribution is 5.84. The summed E-state index contributed by atoms with van der Waals surface area (Å²) in [4.78, 5) is 11.3. The van der Waals surface area contributed by atoms with Crippen molar-refractivity contribution in [2.75, 3.05) is 11.9 Å². The van der Waals surface area contributed by atoms with Crippen LogP contribution >= 0.6 is 0 Å². The summed E-state index contributed by atoms with van der Waals surface area (Å²) < 4.78 is 5.01. The molecular weight excluding hydrogens is 202 g/mol. The van der Waals surface area contributed by atoms with Crippen molar-refractivity contribution in [3.05, 3.63) is 43.0 Å². The number of anilines is 1. The van der Waals surface area contributed by atoms with E-state index in [0.29, 0.717) is 6.61 Å². The molecule has 0 heterocycles. The van der Waals surface area contributed by atoms with Gasteiger partial charge in [-0.25, -0.2) is 4.79 Å². The second-order valence-electron chi connectivity index (χ2n) is 3.41. The number of rotatable bonds is 6. The summed E-state index contributed by atoms with van der Waals surface area (Å²) in [6.07, 6.45) is 4.30. The van der Waals surface area contributed by atoms with Crippen LogP contribution < -0.4 is 5.32 Å². The fraction of sp³-hybridized carbons (Fsp3) is 0.308. The average Bonchev–Trinajstić information content (AvgIpc) is 2.30. The molecule has 0 aliphatic carbocycles. The van der Waals surface area contributed by atoms with Gasteiger partial charge in [0.05, 0.1) is 6.61 Å². The van der Waals surface area contributed by atoms with E-state index in [1.165, 1.54) is 0 Å². The first kappa shape index (κ1) is 12.3. The van der Waals surface area contributed by atoms with Crippen LogP contribution in [0.3, 0.4) is 0 Å². The Morgan fingerprint density at radius 2 is 2.06 bits per heavy atom. The molecule has 0 spiro atoms. The summed E-state index contributed by atoms with van der Waals surface area (Å²) in [7, 11) is 0. The zero-order valence-electron chi connectivity index (χ0n) is 9.32. The topological polar surface area (TPSA) is 38.3 Å². The number of allylic oxidation sites excluding steroid dienone is 1. The fourth-order valence-electron chi connectivity index (χ4n) is 1.23. The van der Waals surface area contributed by atoms with Crippen LogP contribution in [-0.4, -0.2) is 12.7 Å². The minimum Gasteiger partial charge on any atom is -0.449 e. The Labute approximate surface area is 96.1 Å². The predicted molar refractivity (Wildman–Crippen MR) is 65.5 cm³/mol. The maximum atomic E-state index is 11.3. The number of carbonyl (C=O) groups is 1. The number of nitrogens with one attached hydrogen (secondary N) is 1. The van der Waals surface area contributed by atoms with E-state index in [2.05, 4.69) is 11.9 Å². The summed E-state index contributed by atoms with van der Waals surface area (Å²) in [5, 5.41) is 2.65. The molecule has 3 heteroatoms. The van der Waals surface area contributed by atoms with Crippen molar-refractivity contribution in [2.24, 2.45) is 0 Å². The molecule has 0 fully saturated rings. The summed E-state index contributed by atoms with van der Waals surface area (Å²) in [6.45, 7) is 4.08. The van der Waals surface area contributed by atoms with Crippen molar-refractivity contribution in [3.8, 4) is 0 Å². The zero-order valence-corrected chi connectivity index (χ0v) is 9.32. The molecule has 0 aliphatic rings. The molecule has 0 radical (unpaired) electrons. The second-order valence-corrected chi connectivity index (χ2v) is 3.41. The molecule has 16 heavy (non-hydrogen) atoms. The number of carbonyl (C=O) groups excluding carboxylic acids is 1. The van der Waals surface area contributed by atoms with Crippen molar-refractivity contribution in [1.29, 1.82) is 0 Å². The third-order valence-corrected chi connectivity index (χ3v) is 2.06. The normalized spacial score (nSPS) is 9.50. The van der Waals surface area contributed by atoms with Crippen LogP contribution in [0, 0.1) is 0 Å². The van der Waals surface area contributed by atoms with Crippen LogP contribution in [0.5, 0.6) is 0 Å². The number of unbranched alkanes of at least 4 members (excludes halogenated alkanes) is 2. The first-order chi connectivity index (χ1) is 7.83. The standard InChI is InChI=1S/C13H17NO2/c1-2-3-4-8-11-16-13(15)14-12-9-6-5-7-10-12/h2,5-7,9-10H,1,3-4,8,11H2,(H,14,15). The first-order valence-corrected chi connectivity index (χ1v) is 5.42. The van der Waals surface area contributed by atoms with Crippen LogP contribution in [0.1, 0.15) is 19.3 Å². The van der Waals surface area contributed by atoms with Gasteiger partial charge in [-0.2, -0.15) is 0 Å². The highest BCUT2D eigenvalue weighted by Gasteiger charge is 2.01. The van der Waals surface area contributed by atoms with Crippen molar-refractivity contribution in [2.45, 2.75) is 19.3 Å². The smallest absolute Gasteiger partial charge is 0.411 e. The lowest BCUT2D eigenvalue weighted by molar-refractivity contribution is 0.159. The number of hydrogen-bond donors (Lipinski definition) is 1. The van der Waals surface area contributed by atoms with Gasteiger partial charge >= 0.3 is 6.09 Å². The van der Waals surface area contributed by atoms with Crippen molar-refractivity contribution in [3.63, 3.8) is 0 Å². The fourth-order valence-corrected chi connectivity index (χ4v) is 1.23. The van der Waals surface area contributed by atoms with Crippen LogP contribution in [0.4, 0.5) is 10.5 Å². The van der Waals surface area contributed by atoms with Crippen LogP contribution in [0.15, 0.2) is 43.0 Å². The molecule has 0 bridgehead atoms. The van der Waals surface area contributed by atoms with Crippen molar-refractivity contribution in [1.82, 2.24) is 0 Å². The second kappa shape index (κ2) is 7.51. The zero-order chi connectivity index (χ0) is 11.6. The lowest BCUT2D eigenvalue weighted by Gasteiger charge is -2.06. The third kappa shape index (κ3) is 5.20. The van der Waals surface area contributed by atoms with Gasteiger partial charge in [0.1, 0.15) is 0 Å². The molecule has 0 aromatic heterocycles. The van der Waals surface area contributed by atoms with Gasteiger partial charge in [-0.1, -0.05) is 24.3 Å². The SMILES string of the molecule is C=CCCCCOC(=O)Nc1ccccc1. The maximum Gasteiger partial charge on any atom is 0.411 e. The number of benzene rings is 1. The maximum absolute atomic E-state index is 11.3. The molecule has 0 atom stereocenters. The molecule has 0 unspecified atom stereocenters. The lowest BCUT2D eigenvalue weighted by Crippen LogP contribution is -2.14. The Morgan fingerprint density at radius 1 is 1.31 bits per heavy atom. The van der Waals surface area contributed by atoms with Crippen LogP contribution in [-0.2, 0) is 4.74 Å². The molecule has 0 saturated heterocycles. The quantitative estimate of drug-likeness (QED) is 0.586. The summed E-state index contributed by atoms with van der Waals surface area (Å²) in [5.41, 5.74) is 0.749. The van der Waals surface area contributed by atoms with Gasteiger partial charge in [-0.05, 0) is 31.4 Å². The summed E-state index contributed by atoms with van der Waals surface area (Å²) >= 11 is 0. The molecule has 3 nitrogen and oxygen atoms in total. The Bertz CT molecular complexity index is 322. The number of hydrogen-bond acceptors (Lipinski definition) is 2. The van der Waals surface area contributed by atoms with E-state index >= 15 is 0 Å². The monoisotopic (exact) mass is 219 g/mol. The van der Waals surface area contributed by atoms with E-state index in [1.807, 2.05) is 36.4 Å². The van der Waals surface area contributed by atoms with E-state index in [1.54, 1.807) is 0 Å². The van der Waals surface area contributed by atoms with Crippen molar-refractivity contribution < 1.29 is 9.53 Å². The van der Waals surface area contributed by atoms with E-state index in [4.69, 9.17) is 4.74 Å². The molecule has 1 rings (SSSR count). The van der Waals surface area contributed by atoms with Crippen molar-refractivity contribution >= 4 is 11.8 Å². The van der Waals surface area contributed by atoms with Gasteiger partial charge in [0.2, 0.25) is 0 Å². The van der Waals surface area contributed by atoms with Gasteiger partial charge in [-0.15, -0.1) is 6.58 Å². The summed E-state index contributed by atoms with van der Waals surface area (Å²) in [5.74, 6) is 0. The van der Waals surface area contributed by atoms with E-state index in [0.717, 1.165) is 24.9 Å². The van der Waals surface area contributed by atoms with Gasteiger partial charge in [0.25, 0.3) is 0 Å². The molecule has 1 amide bonds. The highest BCUT2D eigenvalue weighted by atomic mass is 16.5. The largest absolute Gasteiger partial charge is 0.449 e. The first-order valence-electron chi connectivity index (χ1n) is 5.42. The highest BCUT2D eigenvalue weighted by Crippen LogP contribution is 2.05. The van der Waals surface area contributed by atoms with Gasteiger partial charge in [0, 0.05) is 5.69 Å². The lowest BCUT2D eigenvalue weighted by atomic mass is 10.2. The van der Waals surface area contributed by atoms with Gasteiger partial charge in [0.15, 0.2) is 0 Å². The Kier molecular flexibility index (Phi) is 5.78. The van der Waals surface area contributed by atoms with Crippen LogP contribution in [0.25, 0.3) is 0 Å². The predicted octanol–water partition coefficient (Wildman–Crippen LogP) is 3.59. The number of ether oxygens (including phenoxy) is 1. The Morgan fingerprint density at radius 3 is 2.75 bits per heavy atom. The molecule has 86 valence electrons. The van der Waals surface area contributed by atoms with Crippen LogP contribution in [0.2, 0.25) is 0 Å². The van der Waals surface area contributed by atoms with Gasteiger partial charge < -0.3 is 4.74 Å². The molecular formula is C13H17NO2. The average molecular weight is 219 g/mol. The van der Waals surface area contributed by atoms with E-state index in [9.17, 15) is 4.79 Å². The minimum atomic E-state index is -0.398. The molecule has 1 aromatic rings. The summed E-state index contributed by atoms with van der Waals surface area (Å²) in [6, 6.07) is 9.25. The Balaban J connectivity index is 2.14. The van der Waals surface area contributed by atoms with E-state index < -0.39 is 6.09 Å². The number of para-hydroxylation sites is 1. The molecule has 1 N–H and O–H groups in total. The van der Waals surface area contributed by atoms with Gasteiger partial charge in [-0.3, -0.25) is 5.32 Å².